The number of morpholine rings is 1. The van der Waals surface area contributed by atoms with E-state index in [-0.39, 0.29) is 11.5 Å². The van der Waals surface area contributed by atoms with Crippen molar-refractivity contribution in [2.24, 2.45) is 0 Å². The summed E-state index contributed by atoms with van der Waals surface area (Å²) in [5.74, 6) is 0.708. The quantitative estimate of drug-likeness (QED) is 0.769. The number of ether oxygens (including phenoxy) is 1. The summed E-state index contributed by atoms with van der Waals surface area (Å²) in [7, 11) is 0. The second-order valence-corrected chi connectivity index (χ2v) is 6.43. The van der Waals surface area contributed by atoms with Crippen molar-refractivity contribution >= 4 is 11.9 Å². The first-order chi connectivity index (χ1) is 12.1. The first-order valence-corrected chi connectivity index (χ1v) is 9.27. The normalized spacial score (nSPS) is 14.6. The number of aromatic amines is 1. The smallest absolute Gasteiger partial charge is 0.255 e. The molecule has 0 unspecified atom stereocenters. The zero-order valence-electron chi connectivity index (χ0n) is 15.6. The number of aromatic nitrogens is 2. The summed E-state index contributed by atoms with van der Waals surface area (Å²) in [5, 5.41) is 0. The number of hydrogen-bond donors (Lipinski definition) is 1. The van der Waals surface area contributed by atoms with Crippen LogP contribution in [-0.4, -0.2) is 60.2 Å². The topological polar surface area (TPSA) is 78.5 Å². The van der Waals surface area contributed by atoms with Gasteiger partial charge in [-0.25, -0.2) is 4.98 Å². The molecule has 1 fully saturated rings. The van der Waals surface area contributed by atoms with Gasteiger partial charge in [0.05, 0.1) is 13.2 Å². The van der Waals surface area contributed by atoms with E-state index >= 15 is 0 Å². The number of H-pyrrole nitrogens is 1. The molecule has 7 nitrogen and oxygen atoms in total. The summed E-state index contributed by atoms with van der Waals surface area (Å²) in [6.45, 7) is 10.3. The van der Waals surface area contributed by atoms with Gasteiger partial charge in [-0.3, -0.25) is 14.6 Å². The number of amides is 1. The number of carbonyl (C=O) groups excluding carboxylic acids is 1. The summed E-state index contributed by atoms with van der Waals surface area (Å²) < 4.78 is 5.33. The molecule has 2 rings (SSSR count). The molecule has 1 amide bonds. The Morgan fingerprint density at radius 2 is 1.88 bits per heavy atom. The zero-order valence-corrected chi connectivity index (χ0v) is 15.6. The average molecular weight is 350 g/mol. The Kier molecular flexibility index (Phi) is 7.43. The summed E-state index contributed by atoms with van der Waals surface area (Å²) in [4.78, 5) is 36.2. The average Bonchev–Trinajstić information content (AvgIpc) is 2.61. The van der Waals surface area contributed by atoms with E-state index in [1.807, 2.05) is 16.7 Å². The van der Waals surface area contributed by atoms with Gasteiger partial charge in [0, 0.05) is 43.9 Å². The van der Waals surface area contributed by atoms with Crippen LogP contribution in [0.5, 0.6) is 0 Å². The van der Waals surface area contributed by atoms with Gasteiger partial charge in [0.1, 0.15) is 0 Å². The fourth-order valence-corrected chi connectivity index (χ4v) is 3.11. The van der Waals surface area contributed by atoms with Crippen molar-refractivity contribution in [3.8, 4) is 0 Å². The summed E-state index contributed by atoms with van der Waals surface area (Å²) in [5.41, 5.74) is 1.17. The van der Waals surface area contributed by atoms with E-state index in [1.54, 1.807) is 0 Å². The Balaban J connectivity index is 2.04. The Morgan fingerprint density at radius 3 is 2.44 bits per heavy atom. The maximum Gasteiger partial charge on any atom is 0.255 e. The number of anilines is 1. The van der Waals surface area contributed by atoms with E-state index in [2.05, 4.69) is 23.8 Å². The van der Waals surface area contributed by atoms with Gasteiger partial charge in [0.2, 0.25) is 11.9 Å². The Bertz CT molecular complexity index is 617. The van der Waals surface area contributed by atoms with Crippen molar-refractivity contribution in [1.82, 2.24) is 14.9 Å². The number of aryl methyl sites for hydroxylation is 1. The number of rotatable bonds is 8. The molecule has 0 spiro atoms. The monoisotopic (exact) mass is 350 g/mol. The van der Waals surface area contributed by atoms with Gasteiger partial charge in [-0.05, 0) is 26.2 Å². The van der Waals surface area contributed by atoms with Crippen LogP contribution in [0.3, 0.4) is 0 Å². The first-order valence-electron chi connectivity index (χ1n) is 9.27. The molecule has 0 atom stereocenters. The van der Waals surface area contributed by atoms with Gasteiger partial charge in [-0.2, -0.15) is 0 Å². The van der Waals surface area contributed by atoms with Gasteiger partial charge >= 0.3 is 0 Å². The van der Waals surface area contributed by atoms with Crippen LogP contribution >= 0.6 is 0 Å². The SMILES string of the molecule is CCCN(CCC)C(=O)CCc1c(C)nc(N2CCOCC2)[nH]c1=O. The van der Waals surface area contributed by atoms with Gasteiger partial charge in [0.25, 0.3) is 5.56 Å². The predicted octanol–water partition coefficient (Wildman–Crippen LogP) is 1.50. The minimum absolute atomic E-state index is 0.111. The minimum Gasteiger partial charge on any atom is -0.378 e. The molecule has 0 aromatic carbocycles. The molecular formula is C18H30N4O3. The highest BCUT2D eigenvalue weighted by molar-refractivity contribution is 5.76. The molecule has 1 N–H and O–H groups in total. The number of carbonyl (C=O) groups is 1. The molecule has 1 aliphatic rings. The van der Waals surface area contributed by atoms with Crippen molar-refractivity contribution in [3.63, 3.8) is 0 Å². The van der Waals surface area contributed by atoms with Crippen LogP contribution in [0.1, 0.15) is 44.4 Å². The maximum atomic E-state index is 12.5. The maximum absolute atomic E-state index is 12.5. The molecule has 140 valence electrons. The fourth-order valence-electron chi connectivity index (χ4n) is 3.11. The van der Waals surface area contributed by atoms with E-state index in [1.165, 1.54) is 0 Å². The third-order valence-electron chi connectivity index (χ3n) is 4.45. The van der Waals surface area contributed by atoms with Crippen LogP contribution < -0.4 is 10.5 Å². The van der Waals surface area contributed by atoms with Gasteiger partial charge < -0.3 is 14.5 Å². The third-order valence-corrected chi connectivity index (χ3v) is 4.45. The third kappa shape index (κ3) is 5.29. The Labute approximate surface area is 149 Å². The second kappa shape index (κ2) is 9.56. The molecule has 1 aromatic rings. The van der Waals surface area contributed by atoms with Gasteiger partial charge in [0.15, 0.2) is 0 Å². The lowest BCUT2D eigenvalue weighted by Crippen LogP contribution is -2.39. The van der Waals surface area contributed by atoms with Crippen LogP contribution in [0.2, 0.25) is 0 Å². The van der Waals surface area contributed by atoms with E-state index < -0.39 is 0 Å². The highest BCUT2D eigenvalue weighted by Gasteiger charge is 2.18. The standard InChI is InChI=1S/C18H30N4O3/c1-4-8-21(9-5-2)16(23)7-6-15-14(3)19-18(20-17(15)24)22-10-12-25-13-11-22/h4-13H2,1-3H3,(H,19,20,24). The minimum atomic E-state index is -0.140. The van der Waals surface area contributed by atoms with Gasteiger partial charge in [-0.1, -0.05) is 13.8 Å². The molecule has 0 aliphatic carbocycles. The summed E-state index contributed by atoms with van der Waals surface area (Å²) >= 11 is 0. The molecule has 2 heterocycles. The van der Waals surface area contributed by atoms with Gasteiger partial charge in [-0.15, -0.1) is 0 Å². The number of nitrogens with zero attached hydrogens (tertiary/aromatic N) is 3. The van der Waals surface area contributed by atoms with Crippen molar-refractivity contribution < 1.29 is 9.53 Å². The molecular weight excluding hydrogens is 320 g/mol. The summed E-state index contributed by atoms with van der Waals surface area (Å²) in [6.07, 6.45) is 2.67. The number of nitrogens with one attached hydrogen (secondary N) is 1. The molecule has 7 heteroatoms. The summed E-state index contributed by atoms with van der Waals surface area (Å²) in [6, 6.07) is 0. The molecule has 0 bridgehead atoms. The second-order valence-electron chi connectivity index (χ2n) is 6.43. The van der Waals surface area contributed by atoms with Crippen LogP contribution in [-0.2, 0) is 16.0 Å². The molecule has 1 aromatic heterocycles. The van der Waals surface area contributed by atoms with E-state index in [4.69, 9.17) is 4.74 Å². The lowest BCUT2D eigenvalue weighted by Gasteiger charge is -2.27. The van der Waals surface area contributed by atoms with Crippen molar-refractivity contribution in [3.05, 3.63) is 21.6 Å². The van der Waals surface area contributed by atoms with E-state index in [0.717, 1.165) is 39.0 Å². The van der Waals surface area contributed by atoms with Crippen LogP contribution in [0.15, 0.2) is 4.79 Å². The Morgan fingerprint density at radius 1 is 1.24 bits per heavy atom. The van der Waals surface area contributed by atoms with Crippen molar-refractivity contribution in [1.29, 1.82) is 0 Å². The molecule has 1 aliphatic heterocycles. The Hall–Kier alpha value is -1.89. The lowest BCUT2D eigenvalue weighted by molar-refractivity contribution is -0.131. The number of hydrogen-bond acceptors (Lipinski definition) is 5. The molecule has 0 radical (unpaired) electrons. The lowest BCUT2D eigenvalue weighted by atomic mass is 10.1. The zero-order chi connectivity index (χ0) is 18.2. The fraction of sp³-hybridized carbons (Fsp3) is 0.722. The van der Waals surface area contributed by atoms with Crippen LogP contribution in [0.4, 0.5) is 5.95 Å². The van der Waals surface area contributed by atoms with Crippen molar-refractivity contribution in [2.45, 2.75) is 46.5 Å². The first kappa shape index (κ1) is 19.4. The van der Waals surface area contributed by atoms with Crippen LogP contribution in [0.25, 0.3) is 0 Å². The van der Waals surface area contributed by atoms with E-state index in [0.29, 0.717) is 43.3 Å². The molecule has 25 heavy (non-hydrogen) atoms. The molecule has 1 saturated heterocycles. The predicted molar refractivity (Wildman–Crippen MR) is 98.1 cm³/mol. The largest absolute Gasteiger partial charge is 0.378 e. The van der Waals surface area contributed by atoms with Crippen molar-refractivity contribution in [2.75, 3.05) is 44.3 Å². The van der Waals surface area contributed by atoms with Crippen LogP contribution in [0, 0.1) is 6.92 Å². The highest BCUT2D eigenvalue weighted by Crippen LogP contribution is 2.12. The highest BCUT2D eigenvalue weighted by atomic mass is 16.5. The molecule has 0 saturated carbocycles. The van der Waals surface area contributed by atoms with E-state index in [9.17, 15) is 9.59 Å².